The molecule has 2 aromatic carbocycles. The fourth-order valence-corrected chi connectivity index (χ4v) is 3.51. The number of nitrogens with one attached hydrogen (secondary N) is 1. The molecule has 1 amide bonds. The third-order valence-electron chi connectivity index (χ3n) is 4.19. The lowest BCUT2D eigenvalue weighted by Crippen LogP contribution is -2.22. The average Bonchev–Trinajstić information content (AvgIpc) is 2.67. The van der Waals surface area contributed by atoms with Crippen LogP contribution in [0.2, 0.25) is 0 Å². The number of phenolic OH excluding ortho intramolecular Hbond substituents is 1. The zero-order chi connectivity index (χ0) is 21.4. The van der Waals surface area contributed by atoms with Gasteiger partial charge in [0.25, 0.3) is 0 Å². The Morgan fingerprint density at radius 3 is 2.59 bits per heavy atom. The second-order valence-electron chi connectivity index (χ2n) is 6.46. The minimum Gasteiger partial charge on any atom is -0.508 e. The van der Waals surface area contributed by atoms with E-state index in [0.717, 1.165) is 14.1 Å². The number of amides is 1. The fraction of sp³-hybridized carbons (Fsp3) is 0.238. The van der Waals surface area contributed by atoms with E-state index in [9.17, 15) is 14.7 Å². The predicted molar refractivity (Wildman–Crippen MR) is 123 cm³/mol. The molecule has 0 aliphatic carbocycles. The molecule has 0 heterocycles. The molecule has 0 aromatic heterocycles. The molecule has 154 valence electrons. The van der Waals surface area contributed by atoms with Crippen molar-refractivity contribution in [3.8, 4) is 5.75 Å². The van der Waals surface area contributed by atoms with Gasteiger partial charge in [-0.25, -0.2) is 9.59 Å². The zero-order valence-electron chi connectivity index (χ0n) is 15.6. The number of aromatic hydroxyl groups is 1. The molecule has 0 unspecified atom stereocenters. The number of carbonyl (C=O) groups is 2. The van der Waals surface area contributed by atoms with Crippen molar-refractivity contribution in [1.82, 2.24) is 0 Å². The standard InChI is InChI=1S/C21H21BrINO5/c1-13(4-2-3-5-19(26)27)20(17-12-15(23)8-11-18(17)25)29-21(28)24-16-9-6-14(22)7-10-16/h3,5-13,20,25H,2,4H2,1H3,(H,24,28)(H,26,27)/b5-3+/t13-,20+/m1/s1. The second kappa shape index (κ2) is 11.2. The van der Waals surface area contributed by atoms with Crippen molar-refractivity contribution >= 4 is 56.3 Å². The van der Waals surface area contributed by atoms with E-state index in [4.69, 9.17) is 9.84 Å². The lowest BCUT2D eigenvalue weighted by atomic mass is 9.92. The summed E-state index contributed by atoms with van der Waals surface area (Å²) in [5, 5.41) is 21.7. The maximum absolute atomic E-state index is 12.5. The molecular weight excluding hydrogens is 553 g/mol. The van der Waals surface area contributed by atoms with E-state index in [0.29, 0.717) is 24.1 Å². The number of rotatable bonds is 8. The first-order valence-electron chi connectivity index (χ1n) is 8.87. The molecule has 3 N–H and O–H groups in total. The summed E-state index contributed by atoms with van der Waals surface area (Å²) < 4.78 is 7.47. The molecule has 0 saturated carbocycles. The molecule has 29 heavy (non-hydrogen) atoms. The molecule has 2 rings (SSSR count). The van der Waals surface area contributed by atoms with Crippen LogP contribution in [0.1, 0.15) is 31.4 Å². The monoisotopic (exact) mass is 573 g/mol. The van der Waals surface area contributed by atoms with Crippen molar-refractivity contribution in [2.75, 3.05) is 5.32 Å². The first kappa shape index (κ1) is 23.2. The van der Waals surface area contributed by atoms with Crippen molar-refractivity contribution < 1.29 is 24.5 Å². The smallest absolute Gasteiger partial charge is 0.412 e. The zero-order valence-corrected chi connectivity index (χ0v) is 19.4. The van der Waals surface area contributed by atoms with E-state index in [-0.39, 0.29) is 11.7 Å². The number of benzene rings is 2. The maximum Gasteiger partial charge on any atom is 0.412 e. The maximum atomic E-state index is 12.5. The van der Waals surface area contributed by atoms with Crippen molar-refractivity contribution in [1.29, 1.82) is 0 Å². The minimum absolute atomic E-state index is 0.0415. The number of carboxylic acids is 1. The van der Waals surface area contributed by atoms with Gasteiger partial charge in [-0.05, 0) is 83.8 Å². The van der Waals surface area contributed by atoms with E-state index in [1.807, 2.05) is 6.92 Å². The first-order chi connectivity index (χ1) is 13.8. The number of aliphatic carboxylic acids is 1. The Morgan fingerprint density at radius 1 is 1.24 bits per heavy atom. The molecule has 0 spiro atoms. The van der Waals surface area contributed by atoms with E-state index in [1.165, 1.54) is 0 Å². The number of phenols is 1. The van der Waals surface area contributed by atoms with Crippen LogP contribution in [0.15, 0.2) is 59.1 Å². The molecule has 2 aromatic rings. The second-order valence-corrected chi connectivity index (χ2v) is 8.62. The van der Waals surface area contributed by atoms with Gasteiger partial charge in [-0.2, -0.15) is 0 Å². The van der Waals surface area contributed by atoms with Crippen LogP contribution in [0.25, 0.3) is 0 Å². The van der Waals surface area contributed by atoms with Crippen LogP contribution in [-0.4, -0.2) is 22.3 Å². The highest BCUT2D eigenvalue weighted by Crippen LogP contribution is 2.36. The lowest BCUT2D eigenvalue weighted by Gasteiger charge is -2.25. The minimum atomic E-state index is -1.01. The third kappa shape index (κ3) is 7.69. The number of hydrogen-bond donors (Lipinski definition) is 3. The molecule has 0 bridgehead atoms. The topological polar surface area (TPSA) is 95.9 Å². The number of anilines is 1. The Bertz CT molecular complexity index is 885. The van der Waals surface area contributed by atoms with Crippen LogP contribution in [0.5, 0.6) is 5.75 Å². The van der Waals surface area contributed by atoms with Crippen LogP contribution >= 0.6 is 38.5 Å². The van der Waals surface area contributed by atoms with Crippen LogP contribution in [-0.2, 0) is 9.53 Å². The average molecular weight is 574 g/mol. The van der Waals surface area contributed by atoms with E-state index >= 15 is 0 Å². The number of allylic oxidation sites excluding steroid dienone is 1. The molecule has 8 heteroatoms. The van der Waals surface area contributed by atoms with Crippen molar-refractivity contribution in [3.63, 3.8) is 0 Å². The highest BCUT2D eigenvalue weighted by atomic mass is 127. The van der Waals surface area contributed by atoms with Crippen molar-refractivity contribution in [2.45, 2.75) is 25.9 Å². The number of carbonyl (C=O) groups excluding carboxylic acids is 1. The number of ether oxygens (including phenoxy) is 1. The SMILES string of the molecule is C[C@H](CC/C=C/C(=O)O)[C@H](OC(=O)Nc1ccc(Br)cc1)c1cc(I)ccc1O. The number of halogens is 2. The largest absolute Gasteiger partial charge is 0.508 e. The Hall–Kier alpha value is -2.07. The summed E-state index contributed by atoms with van der Waals surface area (Å²) in [6.07, 6.45) is 2.40. The van der Waals surface area contributed by atoms with Gasteiger partial charge in [0.05, 0.1) is 0 Å². The highest BCUT2D eigenvalue weighted by molar-refractivity contribution is 14.1. The summed E-state index contributed by atoms with van der Waals surface area (Å²) in [4.78, 5) is 23.1. The van der Waals surface area contributed by atoms with E-state index in [1.54, 1.807) is 48.5 Å². The van der Waals surface area contributed by atoms with Crippen LogP contribution in [0, 0.1) is 9.49 Å². The molecule has 2 atom stereocenters. The van der Waals surface area contributed by atoms with Crippen LogP contribution in [0.3, 0.4) is 0 Å². The Morgan fingerprint density at radius 2 is 1.93 bits per heavy atom. The first-order valence-corrected chi connectivity index (χ1v) is 10.7. The highest BCUT2D eigenvalue weighted by Gasteiger charge is 2.26. The summed E-state index contributed by atoms with van der Waals surface area (Å²) in [6, 6.07) is 12.2. The van der Waals surface area contributed by atoms with Crippen molar-refractivity contribution in [3.05, 3.63) is 68.2 Å². The summed E-state index contributed by atoms with van der Waals surface area (Å²) >= 11 is 5.47. The number of carboxylic acid groups (broad SMARTS) is 1. The summed E-state index contributed by atoms with van der Waals surface area (Å²) in [5.41, 5.74) is 1.10. The summed E-state index contributed by atoms with van der Waals surface area (Å²) in [5.74, 6) is -1.12. The van der Waals surface area contributed by atoms with Crippen LogP contribution < -0.4 is 5.32 Å². The molecule has 0 fully saturated rings. The lowest BCUT2D eigenvalue weighted by molar-refractivity contribution is -0.131. The Labute approximate surface area is 191 Å². The number of hydrogen-bond acceptors (Lipinski definition) is 4. The Balaban J connectivity index is 2.17. The third-order valence-corrected chi connectivity index (χ3v) is 5.39. The Kier molecular flexibility index (Phi) is 8.97. The van der Waals surface area contributed by atoms with Gasteiger partial charge in [-0.3, -0.25) is 5.32 Å². The normalized spacial score (nSPS) is 13.1. The molecule has 0 radical (unpaired) electrons. The van der Waals surface area contributed by atoms with Gasteiger partial charge in [-0.15, -0.1) is 0 Å². The van der Waals surface area contributed by atoms with Gasteiger partial charge < -0.3 is 14.9 Å². The quantitative estimate of drug-likeness (QED) is 0.262. The molecule has 0 aliphatic heterocycles. The van der Waals surface area contributed by atoms with Crippen molar-refractivity contribution in [2.24, 2.45) is 5.92 Å². The van der Waals surface area contributed by atoms with Gasteiger partial charge in [-0.1, -0.05) is 28.9 Å². The molecule has 0 saturated heterocycles. The van der Waals surface area contributed by atoms with Gasteiger partial charge in [0, 0.05) is 25.4 Å². The van der Waals surface area contributed by atoms with Gasteiger partial charge in [0.1, 0.15) is 11.9 Å². The fourth-order valence-electron chi connectivity index (χ4n) is 2.73. The molecule has 6 nitrogen and oxygen atoms in total. The predicted octanol–water partition coefficient (Wildman–Crippen LogP) is 6.11. The van der Waals surface area contributed by atoms with Crippen LogP contribution in [0.4, 0.5) is 10.5 Å². The van der Waals surface area contributed by atoms with E-state index < -0.39 is 18.2 Å². The van der Waals surface area contributed by atoms with Gasteiger partial charge in [0.2, 0.25) is 0 Å². The van der Waals surface area contributed by atoms with Gasteiger partial charge in [0.15, 0.2) is 0 Å². The summed E-state index contributed by atoms with van der Waals surface area (Å²) in [6.45, 7) is 1.89. The van der Waals surface area contributed by atoms with E-state index in [2.05, 4.69) is 43.8 Å². The molecular formula is C21H21BrINO5. The summed E-state index contributed by atoms with van der Waals surface area (Å²) in [7, 11) is 0. The molecule has 0 aliphatic rings. The van der Waals surface area contributed by atoms with Gasteiger partial charge >= 0.3 is 12.1 Å².